The molecule has 0 radical (unpaired) electrons. The Kier molecular flexibility index (Phi) is 8.57. The van der Waals surface area contributed by atoms with Crippen LogP contribution >= 0.6 is 11.8 Å². The van der Waals surface area contributed by atoms with Crippen molar-refractivity contribution in [3.8, 4) is 0 Å². The average molecular weight is 245 g/mol. The van der Waals surface area contributed by atoms with Gasteiger partial charge in [-0.15, -0.1) is 0 Å². The van der Waals surface area contributed by atoms with E-state index < -0.39 is 0 Å². The van der Waals surface area contributed by atoms with Crippen LogP contribution in [0.5, 0.6) is 0 Å². The van der Waals surface area contributed by atoms with Gasteiger partial charge in [0.05, 0.1) is 0 Å². The maximum Gasteiger partial charge on any atom is 0.0158 e. The minimum Gasteiger partial charge on any atom is -0.313 e. The van der Waals surface area contributed by atoms with Crippen LogP contribution in [0.3, 0.4) is 0 Å². The van der Waals surface area contributed by atoms with Gasteiger partial charge in [-0.3, -0.25) is 0 Å². The van der Waals surface area contributed by atoms with Crippen molar-refractivity contribution in [3.05, 3.63) is 0 Å². The molecule has 0 fully saturated rings. The summed E-state index contributed by atoms with van der Waals surface area (Å²) in [6.45, 7) is 14.9. The Balaban J connectivity index is 3.88. The lowest BCUT2D eigenvalue weighted by molar-refractivity contribution is 0.340. The number of rotatable bonds is 8. The van der Waals surface area contributed by atoms with E-state index in [-0.39, 0.29) is 0 Å². The molecule has 2 atom stereocenters. The molecule has 98 valence electrons. The summed E-state index contributed by atoms with van der Waals surface area (Å²) in [5, 5.41) is 4.42. The number of hydrogen-bond donors (Lipinski definition) is 1. The van der Waals surface area contributed by atoms with E-state index in [1.54, 1.807) is 0 Å². The molecular weight excluding hydrogens is 214 g/mol. The van der Waals surface area contributed by atoms with E-state index in [9.17, 15) is 0 Å². The minimum absolute atomic E-state index is 0.467. The fourth-order valence-electron chi connectivity index (χ4n) is 1.54. The summed E-state index contributed by atoms with van der Waals surface area (Å²) in [5.74, 6) is 1.26. The lowest BCUT2D eigenvalue weighted by Crippen LogP contribution is -2.32. The molecule has 2 heteroatoms. The fraction of sp³-hybridized carbons (Fsp3) is 1.00. The highest BCUT2D eigenvalue weighted by Gasteiger charge is 2.15. The Morgan fingerprint density at radius 1 is 1.19 bits per heavy atom. The molecule has 0 aliphatic heterocycles. The van der Waals surface area contributed by atoms with Crippen molar-refractivity contribution in [1.82, 2.24) is 5.32 Å². The summed E-state index contributed by atoms with van der Waals surface area (Å²) in [6, 6.07) is 0.697. The predicted octanol–water partition coefficient (Wildman–Crippen LogP) is 4.32. The highest BCUT2D eigenvalue weighted by Crippen LogP contribution is 2.23. The van der Waals surface area contributed by atoms with Crippen molar-refractivity contribution >= 4 is 11.8 Å². The second-order valence-electron chi connectivity index (χ2n) is 5.91. The van der Waals surface area contributed by atoms with Gasteiger partial charge in [0.25, 0.3) is 0 Å². The van der Waals surface area contributed by atoms with Crippen LogP contribution in [0.15, 0.2) is 0 Å². The Bertz CT molecular complexity index is 163. The fourth-order valence-corrected chi connectivity index (χ4v) is 2.62. The first-order valence-electron chi connectivity index (χ1n) is 6.74. The van der Waals surface area contributed by atoms with Crippen molar-refractivity contribution in [2.75, 3.05) is 12.3 Å². The molecule has 0 saturated heterocycles. The van der Waals surface area contributed by atoms with Gasteiger partial charge < -0.3 is 5.32 Å². The first-order chi connectivity index (χ1) is 7.39. The van der Waals surface area contributed by atoms with Gasteiger partial charge >= 0.3 is 0 Å². The van der Waals surface area contributed by atoms with Crippen molar-refractivity contribution in [3.63, 3.8) is 0 Å². The lowest BCUT2D eigenvalue weighted by Gasteiger charge is -2.24. The van der Waals surface area contributed by atoms with E-state index in [4.69, 9.17) is 0 Å². The van der Waals surface area contributed by atoms with Gasteiger partial charge in [0.2, 0.25) is 0 Å². The Morgan fingerprint density at radius 2 is 1.81 bits per heavy atom. The third-order valence-corrected chi connectivity index (χ3v) is 4.39. The van der Waals surface area contributed by atoms with Crippen molar-refractivity contribution in [2.24, 2.45) is 5.41 Å². The molecule has 0 saturated carbocycles. The van der Waals surface area contributed by atoms with Crippen LogP contribution < -0.4 is 5.32 Å². The molecule has 0 spiro atoms. The van der Waals surface area contributed by atoms with Crippen LogP contribution in [0.4, 0.5) is 0 Å². The molecule has 16 heavy (non-hydrogen) atoms. The second-order valence-corrected chi connectivity index (χ2v) is 7.38. The van der Waals surface area contributed by atoms with Crippen LogP contribution in [0.2, 0.25) is 0 Å². The first kappa shape index (κ1) is 16.3. The van der Waals surface area contributed by atoms with E-state index in [0.29, 0.717) is 11.5 Å². The smallest absolute Gasteiger partial charge is 0.0158 e. The Labute approximate surface area is 107 Å². The third-order valence-electron chi connectivity index (χ3n) is 2.89. The third kappa shape index (κ3) is 9.53. The molecule has 0 rings (SSSR count). The van der Waals surface area contributed by atoms with E-state index in [1.165, 1.54) is 25.0 Å². The number of nitrogens with one attached hydrogen (secondary N) is 1. The largest absolute Gasteiger partial charge is 0.313 e. The van der Waals surface area contributed by atoms with Crippen LogP contribution in [-0.4, -0.2) is 23.6 Å². The first-order valence-corrected chi connectivity index (χ1v) is 7.79. The maximum absolute atomic E-state index is 3.61. The summed E-state index contributed by atoms with van der Waals surface area (Å²) in [4.78, 5) is 0. The zero-order valence-corrected chi connectivity index (χ0v) is 12.9. The second kappa shape index (κ2) is 8.41. The number of hydrogen-bond acceptors (Lipinski definition) is 2. The monoisotopic (exact) mass is 245 g/mol. The molecule has 0 aliphatic carbocycles. The van der Waals surface area contributed by atoms with E-state index >= 15 is 0 Å². The molecule has 0 aromatic carbocycles. The highest BCUT2D eigenvalue weighted by molar-refractivity contribution is 7.99. The lowest BCUT2D eigenvalue weighted by atomic mass is 9.89. The topological polar surface area (TPSA) is 12.0 Å². The van der Waals surface area contributed by atoms with E-state index in [0.717, 1.165) is 11.8 Å². The summed E-state index contributed by atoms with van der Waals surface area (Å²) < 4.78 is 0. The van der Waals surface area contributed by atoms with Gasteiger partial charge in [0.15, 0.2) is 0 Å². The molecule has 1 nitrogen and oxygen atoms in total. The predicted molar refractivity (Wildman–Crippen MR) is 78.4 cm³/mol. The number of thioether (sulfide) groups is 1. The molecule has 2 unspecified atom stereocenters. The van der Waals surface area contributed by atoms with Crippen LogP contribution in [0.25, 0.3) is 0 Å². The standard InChI is InChI=1S/C14H31NS/c1-7-12(3)16-11-13(15-8-2)9-10-14(4,5)6/h12-13,15H,7-11H2,1-6H3. The molecule has 1 N–H and O–H groups in total. The van der Waals surface area contributed by atoms with Crippen molar-refractivity contribution in [2.45, 2.75) is 72.1 Å². The Morgan fingerprint density at radius 3 is 2.25 bits per heavy atom. The minimum atomic E-state index is 0.467. The van der Waals surface area contributed by atoms with Crippen LogP contribution in [0.1, 0.15) is 60.8 Å². The molecule has 0 aromatic rings. The normalized spacial score (nSPS) is 16.1. The van der Waals surface area contributed by atoms with Crippen molar-refractivity contribution in [1.29, 1.82) is 0 Å². The molecule has 0 amide bonds. The van der Waals surface area contributed by atoms with Gasteiger partial charge in [-0.25, -0.2) is 0 Å². The zero-order chi connectivity index (χ0) is 12.6. The zero-order valence-electron chi connectivity index (χ0n) is 12.1. The van der Waals surface area contributed by atoms with Gasteiger partial charge in [0.1, 0.15) is 0 Å². The molecule has 0 heterocycles. The maximum atomic E-state index is 3.61. The van der Waals surface area contributed by atoms with Crippen LogP contribution in [-0.2, 0) is 0 Å². The quantitative estimate of drug-likeness (QED) is 0.683. The molecule has 0 aliphatic rings. The Hall–Kier alpha value is 0.310. The highest BCUT2D eigenvalue weighted by atomic mass is 32.2. The van der Waals surface area contributed by atoms with Gasteiger partial charge in [-0.05, 0) is 31.2 Å². The summed E-state index contributed by atoms with van der Waals surface area (Å²) in [6.07, 6.45) is 3.90. The summed E-state index contributed by atoms with van der Waals surface area (Å²) in [7, 11) is 0. The van der Waals surface area contributed by atoms with Gasteiger partial charge in [-0.2, -0.15) is 11.8 Å². The molecule has 0 aromatic heterocycles. The average Bonchev–Trinajstić information content (AvgIpc) is 2.20. The molecular formula is C14H31NS. The molecule has 0 bridgehead atoms. The van der Waals surface area contributed by atoms with E-state index in [1.807, 2.05) is 0 Å². The van der Waals surface area contributed by atoms with Gasteiger partial charge in [-0.1, -0.05) is 41.5 Å². The van der Waals surface area contributed by atoms with E-state index in [2.05, 4.69) is 58.6 Å². The SMILES string of the molecule is CCNC(CCC(C)(C)C)CSC(C)CC. The summed E-state index contributed by atoms with van der Waals surface area (Å²) >= 11 is 2.11. The van der Waals surface area contributed by atoms with Crippen LogP contribution in [0, 0.1) is 5.41 Å². The summed E-state index contributed by atoms with van der Waals surface area (Å²) in [5.41, 5.74) is 0.467. The van der Waals surface area contributed by atoms with Gasteiger partial charge in [0, 0.05) is 17.0 Å². The van der Waals surface area contributed by atoms with Crippen molar-refractivity contribution < 1.29 is 0 Å².